The SMILES string of the molecule is C[N+](C)=CN(C(Cl)=C(c1ccccc1)c1ccccc1)c1ccccc1.[Cl-]. The van der Waals surface area contributed by atoms with Gasteiger partial charge in [0, 0.05) is 5.57 Å². The number of hydrogen-bond acceptors (Lipinski definition) is 0. The summed E-state index contributed by atoms with van der Waals surface area (Å²) >= 11 is 7.01. The lowest BCUT2D eigenvalue weighted by Gasteiger charge is -2.17. The Bertz CT molecular complexity index is 859. The summed E-state index contributed by atoms with van der Waals surface area (Å²) in [6.07, 6.45) is 1.99. The Morgan fingerprint density at radius 2 is 1.15 bits per heavy atom. The monoisotopic (exact) mass is 396 g/mol. The van der Waals surface area contributed by atoms with Crippen LogP contribution in [-0.2, 0) is 0 Å². The van der Waals surface area contributed by atoms with Crippen molar-refractivity contribution in [1.29, 1.82) is 0 Å². The molecule has 0 bridgehead atoms. The molecule has 0 amide bonds. The van der Waals surface area contributed by atoms with Crippen LogP contribution >= 0.6 is 11.6 Å². The summed E-state index contributed by atoms with van der Waals surface area (Å²) in [5.74, 6) is 0. The van der Waals surface area contributed by atoms with Crippen LogP contribution in [0.5, 0.6) is 0 Å². The van der Waals surface area contributed by atoms with Gasteiger partial charge in [-0.2, -0.15) is 4.90 Å². The summed E-state index contributed by atoms with van der Waals surface area (Å²) in [5.41, 5.74) is 4.17. The van der Waals surface area contributed by atoms with Crippen LogP contribution in [0.25, 0.3) is 5.57 Å². The largest absolute Gasteiger partial charge is 1.00 e. The van der Waals surface area contributed by atoms with Gasteiger partial charge in [-0.25, -0.2) is 0 Å². The first kappa shape index (κ1) is 20.8. The fraction of sp³-hybridized carbons (Fsp3) is 0.0870. The number of rotatable bonds is 5. The summed E-state index contributed by atoms with van der Waals surface area (Å²) in [6.45, 7) is 0. The molecule has 0 aliphatic carbocycles. The van der Waals surface area contributed by atoms with Gasteiger partial charge in [0.1, 0.15) is 5.69 Å². The molecule has 3 aromatic carbocycles. The zero-order valence-electron chi connectivity index (χ0n) is 15.4. The van der Waals surface area contributed by atoms with Crippen molar-refractivity contribution in [2.45, 2.75) is 0 Å². The number of halogens is 2. The number of anilines is 1. The van der Waals surface area contributed by atoms with Crippen molar-refractivity contribution in [2.75, 3.05) is 19.0 Å². The van der Waals surface area contributed by atoms with Gasteiger partial charge in [0.15, 0.2) is 0 Å². The molecule has 27 heavy (non-hydrogen) atoms. The van der Waals surface area contributed by atoms with Gasteiger partial charge in [-0.1, -0.05) is 78.9 Å². The molecule has 0 aromatic heterocycles. The van der Waals surface area contributed by atoms with E-state index in [9.17, 15) is 0 Å². The molecule has 0 heterocycles. The Kier molecular flexibility index (Phi) is 7.66. The van der Waals surface area contributed by atoms with Crippen LogP contribution in [0.3, 0.4) is 0 Å². The van der Waals surface area contributed by atoms with E-state index < -0.39 is 0 Å². The van der Waals surface area contributed by atoms with E-state index in [2.05, 4.69) is 36.4 Å². The number of benzene rings is 3. The maximum Gasteiger partial charge on any atom is 0.244 e. The summed E-state index contributed by atoms with van der Waals surface area (Å²) in [7, 11) is 3.98. The molecular formula is C23H22Cl2N2. The van der Waals surface area contributed by atoms with Crippen molar-refractivity contribution >= 4 is 29.2 Å². The topological polar surface area (TPSA) is 6.25 Å². The standard InChI is InChI=1S/C23H22ClN2.ClH/c1-25(2)18-26(21-16-10-5-11-17-21)23(24)22(19-12-6-3-7-13-19)20-14-8-4-9-15-20;/h3-18H,1-2H3;1H/q+1;/p-1. The average Bonchev–Trinajstić information content (AvgIpc) is 2.68. The first-order valence-corrected chi connectivity index (χ1v) is 8.91. The Morgan fingerprint density at radius 1 is 0.741 bits per heavy atom. The quantitative estimate of drug-likeness (QED) is 0.278. The smallest absolute Gasteiger partial charge is 0.244 e. The van der Waals surface area contributed by atoms with E-state index in [1.54, 1.807) is 0 Å². The molecule has 0 radical (unpaired) electrons. The molecule has 2 nitrogen and oxygen atoms in total. The van der Waals surface area contributed by atoms with Crippen molar-refractivity contribution in [3.8, 4) is 0 Å². The summed E-state index contributed by atoms with van der Waals surface area (Å²) in [5, 5.41) is 0.655. The highest BCUT2D eigenvalue weighted by Gasteiger charge is 2.22. The first-order chi connectivity index (χ1) is 12.7. The third-order valence-electron chi connectivity index (χ3n) is 3.92. The Hall–Kier alpha value is -2.55. The molecule has 0 saturated carbocycles. The van der Waals surface area contributed by atoms with Crippen LogP contribution in [0.4, 0.5) is 5.69 Å². The number of para-hydroxylation sites is 1. The molecule has 0 aliphatic heterocycles. The highest BCUT2D eigenvalue weighted by atomic mass is 35.5. The summed E-state index contributed by atoms with van der Waals surface area (Å²) in [6, 6.07) is 30.6. The van der Waals surface area contributed by atoms with Crippen LogP contribution in [0.2, 0.25) is 0 Å². The van der Waals surface area contributed by atoms with E-state index in [1.807, 2.05) is 84.5 Å². The van der Waals surface area contributed by atoms with Crippen molar-refractivity contribution in [1.82, 2.24) is 0 Å². The molecule has 0 fully saturated rings. The molecule has 4 heteroatoms. The van der Waals surface area contributed by atoms with E-state index in [4.69, 9.17) is 11.6 Å². The van der Waals surface area contributed by atoms with Crippen molar-refractivity contribution < 1.29 is 17.0 Å². The Morgan fingerprint density at radius 3 is 1.56 bits per heavy atom. The van der Waals surface area contributed by atoms with Gasteiger partial charge in [0.05, 0.1) is 14.1 Å². The molecule has 3 aromatic rings. The third-order valence-corrected chi connectivity index (χ3v) is 4.29. The molecule has 138 valence electrons. The second-order valence-corrected chi connectivity index (χ2v) is 6.54. The molecule has 0 N–H and O–H groups in total. The summed E-state index contributed by atoms with van der Waals surface area (Å²) in [4.78, 5) is 2.01. The Balaban J connectivity index is 0.00000261. The molecule has 0 saturated heterocycles. The highest BCUT2D eigenvalue weighted by Crippen LogP contribution is 2.32. The molecule has 0 aliphatic rings. The fourth-order valence-electron chi connectivity index (χ4n) is 2.79. The van der Waals surface area contributed by atoms with Crippen molar-refractivity contribution in [3.05, 3.63) is 107 Å². The Labute approximate surface area is 172 Å². The van der Waals surface area contributed by atoms with Gasteiger partial charge in [0.2, 0.25) is 11.5 Å². The predicted octanol–water partition coefficient (Wildman–Crippen LogP) is 2.45. The maximum atomic E-state index is 7.01. The average molecular weight is 397 g/mol. The molecule has 0 unspecified atom stereocenters. The maximum absolute atomic E-state index is 7.01. The minimum absolute atomic E-state index is 0. The van der Waals surface area contributed by atoms with Crippen molar-refractivity contribution in [2.24, 2.45) is 0 Å². The van der Waals surface area contributed by atoms with Crippen LogP contribution in [0.15, 0.2) is 96.2 Å². The van der Waals surface area contributed by atoms with Gasteiger partial charge < -0.3 is 12.4 Å². The zero-order valence-corrected chi connectivity index (χ0v) is 16.9. The summed E-state index contributed by atoms with van der Waals surface area (Å²) < 4.78 is 1.99. The van der Waals surface area contributed by atoms with Gasteiger partial charge in [-0.3, -0.25) is 4.58 Å². The minimum atomic E-state index is 0. The van der Waals surface area contributed by atoms with Gasteiger partial charge in [-0.05, 0) is 34.9 Å². The minimum Gasteiger partial charge on any atom is -1.00 e. The van der Waals surface area contributed by atoms with Crippen LogP contribution in [0, 0.1) is 0 Å². The van der Waals surface area contributed by atoms with Gasteiger partial charge in [0.25, 0.3) is 0 Å². The lowest BCUT2D eigenvalue weighted by atomic mass is 9.98. The van der Waals surface area contributed by atoms with Gasteiger partial charge >= 0.3 is 0 Å². The van der Waals surface area contributed by atoms with E-state index in [-0.39, 0.29) is 12.4 Å². The highest BCUT2D eigenvalue weighted by molar-refractivity contribution is 6.36. The lowest BCUT2D eigenvalue weighted by molar-refractivity contribution is -0.460. The fourth-order valence-corrected chi connectivity index (χ4v) is 3.14. The van der Waals surface area contributed by atoms with Gasteiger partial charge in [-0.15, -0.1) is 0 Å². The van der Waals surface area contributed by atoms with Crippen molar-refractivity contribution in [3.63, 3.8) is 0 Å². The van der Waals surface area contributed by atoms with Crippen LogP contribution in [0.1, 0.15) is 11.1 Å². The second-order valence-electron chi connectivity index (χ2n) is 6.18. The molecule has 0 spiro atoms. The number of hydrogen-bond donors (Lipinski definition) is 0. The third kappa shape index (κ3) is 5.22. The lowest BCUT2D eigenvalue weighted by Crippen LogP contribution is -3.00. The van der Waals surface area contributed by atoms with E-state index >= 15 is 0 Å². The van der Waals surface area contributed by atoms with E-state index in [0.717, 1.165) is 22.4 Å². The van der Waals surface area contributed by atoms with Crippen LogP contribution in [-0.4, -0.2) is 25.0 Å². The van der Waals surface area contributed by atoms with E-state index in [1.165, 1.54) is 0 Å². The second kappa shape index (κ2) is 9.96. The van der Waals surface area contributed by atoms with Crippen LogP contribution < -0.4 is 17.3 Å². The molecular weight excluding hydrogens is 375 g/mol. The predicted molar refractivity (Wildman–Crippen MR) is 112 cm³/mol. The zero-order chi connectivity index (χ0) is 18.4. The molecule has 3 rings (SSSR count). The number of nitrogens with zero attached hydrogens (tertiary/aromatic N) is 2. The first-order valence-electron chi connectivity index (χ1n) is 8.53. The molecule has 0 atom stereocenters. The van der Waals surface area contributed by atoms with E-state index in [0.29, 0.717) is 5.16 Å². The normalized spacial score (nSPS) is 9.74.